The summed E-state index contributed by atoms with van der Waals surface area (Å²) in [5, 5.41) is 0. The predicted octanol–water partition coefficient (Wildman–Crippen LogP) is 4.58. The smallest absolute Gasteiger partial charge is 0.456 e. The van der Waals surface area contributed by atoms with Crippen LogP contribution in [0.25, 0.3) is 0 Å². The second-order valence-electron chi connectivity index (χ2n) is 6.38. The number of rotatable bonds is 3. The lowest BCUT2D eigenvalue weighted by Crippen LogP contribution is -2.34. The van der Waals surface area contributed by atoms with E-state index in [1.807, 2.05) is 0 Å². The highest BCUT2D eigenvalue weighted by Gasteiger charge is 2.43. The zero-order valence-electron chi connectivity index (χ0n) is 12.5. The number of esters is 1. The van der Waals surface area contributed by atoms with Crippen molar-refractivity contribution in [3.8, 4) is 0 Å². The fraction of sp³-hybridized carbons (Fsp3) is 0.933. The average Bonchev–Trinajstić information content (AvgIpc) is 2.47. The molecule has 121 valence electrons. The van der Waals surface area contributed by atoms with Gasteiger partial charge in [0.25, 0.3) is 0 Å². The minimum absolute atomic E-state index is 0.0944. The standard InChI is InChI=1S/C15H24F3O2Si/c1-2-21-9-7-12(8-10-21)11-3-5-13(6-4-11)20-14(19)15(16,17)18/h11-13H,2-10H2,1H3. The van der Waals surface area contributed by atoms with Gasteiger partial charge in [0.2, 0.25) is 0 Å². The zero-order chi connectivity index (χ0) is 15.5. The molecule has 0 bridgehead atoms. The number of carbonyl (C=O) groups is 1. The van der Waals surface area contributed by atoms with Gasteiger partial charge in [-0.25, -0.2) is 4.79 Å². The highest BCUT2D eigenvalue weighted by atomic mass is 28.3. The first-order chi connectivity index (χ1) is 9.90. The number of alkyl halides is 3. The molecule has 6 heteroatoms. The second kappa shape index (κ2) is 7.16. The first-order valence-electron chi connectivity index (χ1n) is 8.01. The molecule has 1 saturated heterocycles. The molecule has 0 aromatic heterocycles. The maximum atomic E-state index is 12.2. The minimum atomic E-state index is -4.86. The molecule has 0 aromatic carbocycles. The van der Waals surface area contributed by atoms with Crippen LogP contribution in [0.5, 0.6) is 0 Å². The molecule has 1 aliphatic heterocycles. The molecule has 1 saturated carbocycles. The van der Waals surface area contributed by atoms with Crippen molar-refractivity contribution in [3.63, 3.8) is 0 Å². The summed E-state index contributed by atoms with van der Waals surface area (Å²) in [5.74, 6) is -0.644. The Labute approximate surface area is 126 Å². The van der Waals surface area contributed by atoms with E-state index in [9.17, 15) is 18.0 Å². The Hall–Kier alpha value is -0.523. The molecule has 0 N–H and O–H groups in total. The zero-order valence-corrected chi connectivity index (χ0v) is 13.5. The number of ether oxygens (including phenoxy) is 1. The summed E-state index contributed by atoms with van der Waals surface area (Å²) in [6.45, 7) is 2.29. The van der Waals surface area contributed by atoms with Gasteiger partial charge in [0.1, 0.15) is 6.10 Å². The molecule has 0 unspecified atom stereocenters. The quantitative estimate of drug-likeness (QED) is 0.562. The Bertz CT molecular complexity index is 343. The van der Waals surface area contributed by atoms with Crippen molar-refractivity contribution in [1.82, 2.24) is 0 Å². The third-order valence-electron chi connectivity index (χ3n) is 5.13. The van der Waals surface area contributed by atoms with Crippen LogP contribution in [0.4, 0.5) is 13.2 Å². The lowest BCUT2D eigenvalue weighted by atomic mass is 9.76. The molecule has 0 spiro atoms. The fourth-order valence-electron chi connectivity index (χ4n) is 3.77. The number of hydrogen-bond acceptors (Lipinski definition) is 2. The predicted molar refractivity (Wildman–Crippen MR) is 76.5 cm³/mol. The first-order valence-corrected chi connectivity index (χ1v) is 10.1. The molecule has 21 heavy (non-hydrogen) atoms. The van der Waals surface area contributed by atoms with Crippen LogP contribution in [0.2, 0.25) is 18.1 Å². The number of halogens is 3. The molecule has 0 aromatic rings. The van der Waals surface area contributed by atoms with Crippen LogP contribution >= 0.6 is 0 Å². The normalized spacial score (nSPS) is 29.3. The largest absolute Gasteiger partial charge is 0.490 e. The van der Waals surface area contributed by atoms with Crippen molar-refractivity contribution >= 4 is 14.8 Å². The van der Waals surface area contributed by atoms with Gasteiger partial charge in [0.05, 0.1) is 0 Å². The molecule has 2 fully saturated rings. The summed E-state index contributed by atoms with van der Waals surface area (Å²) in [5.41, 5.74) is 0. The summed E-state index contributed by atoms with van der Waals surface area (Å²) in [7, 11) is -0.0944. The minimum Gasteiger partial charge on any atom is -0.456 e. The summed E-state index contributed by atoms with van der Waals surface area (Å²) < 4.78 is 41.1. The molecule has 1 radical (unpaired) electrons. The Morgan fingerprint density at radius 1 is 1.05 bits per heavy atom. The van der Waals surface area contributed by atoms with Gasteiger partial charge < -0.3 is 4.74 Å². The van der Waals surface area contributed by atoms with Gasteiger partial charge in [0.15, 0.2) is 0 Å². The van der Waals surface area contributed by atoms with E-state index in [1.165, 1.54) is 31.0 Å². The van der Waals surface area contributed by atoms with E-state index in [-0.39, 0.29) is 8.80 Å². The van der Waals surface area contributed by atoms with Gasteiger partial charge >= 0.3 is 12.1 Å². The van der Waals surface area contributed by atoms with Gasteiger partial charge in [-0.1, -0.05) is 37.9 Å². The molecule has 2 aliphatic rings. The molecular weight excluding hydrogens is 297 g/mol. The SMILES string of the molecule is CC[Si]1CCC(C2CCC(OC(=O)C(F)(F)F)CC2)CC1. The topological polar surface area (TPSA) is 26.3 Å². The molecular formula is C15H24F3O2Si. The van der Waals surface area contributed by atoms with E-state index in [2.05, 4.69) is 11.7 Å². The van der Waals surface area contributed by atoms with Crippen molar-refractivity contribution in [2.75, 3.05) is 0 Å². The van der Waals surface area contributed by atoms with Gasteiger partial charge in [0, 0.05) is 8.80 Å². The van der Waals surface area contributed by atoms with Crippen LogP contribution in [-0.4, -0.2) is 27.0 Å². The van der Waals surface area contributed by atoms with Crippen LogP contribution in [0.3, 0.4) is 0 Å². The van der Waals surface area contributed by atoms with Crippen LogP contribution in [0.15, 0.2) is 0 Å². The molecule has 0 amide bonds. The van der Waals surface area contributed by atoms with Gasteiger partial charge in [-0.3, -0.25) is 0 Å². The van der Waals surface area contributed by atoms with Crippen molar-refractivity contribution in [2.45, 2.75) is 75.9 Å². The monoisotopic (exact) mass is 321 g/mol. The first kappa shape index (κ1) is 16.8. The highest BCUT2D eigenvalue weighted by molar-refractivity contribution is 6.58. The van der Waals surface area contributed by atoms with Gasteiger partial charge in [-0.15, -0.1) is 0 Å². The molecule has 1 heterocycles. The Balaban J connectivity index is 1.72. The Morgan fingerprint density at radius 3 is 2.05 bits per heavy atom. The summed E-state index contributed by atoms with van der Waals surface area (Å²) in [6, 6.07) is 4.15. The van der Waals surface area contributed by atoms with E-state index in [1.54, 1.807) is 0 Å². The Morgan fingerprint density at radius 2 is 1.57 bits per heavy atom. The number of carbonyl (C=O) groups excluding carboxylic acids is 1. The summed E-state index contributed by atoms with van der Waals surface area (Å²) in [6.07, 6.45) is 0.222. The van der Waals surface area contributed by atoms with E-state index >= 15 is 0 Å². The van der Waals surface area contributed by atoms with Crippen LogP contribution in [0, 0.1) is 11.8 Å². The lowest BCUT2D eigenvalue weighted by molar-refractivity contribution is -0.206. The van der Waals surface area contributed by atoms with Gasteiger partial charge in [-0.05, 0) is 37.5 Å². The fourth-order valence-corrected chi connectivity index (χ4v) is 6.28. The second-order valence-corrected chi connectivity index (χ2v) is 9.59. The molecule has 2 nitrogen and oxygen atoms in total. The summed E-state index contributed by atoms with van der Waals surface area (Å²) >= 11 is 0. The van der Waals surface area contributed by atoms with E-state index in [0.717, 1.165) is 18.8 Å². The third kappa shape index (κ3) is 4.73. The van der Waals surface area contributed by atoms with E-state index in [0.29, 0.717) is 18.8 Å². The highest BCUT2D eigenvalue weighted by Crippen LogP contribution is 2.40. The van der Waals surface area contributed by atoms with Crippen LogP contribution in [-0.2, 0) is 9.53 Å². The Kier molecular flexibility index (Phi) is 5.74. The van der Waals surface area contributed by atoms with E-state index in [4.69, 9.17) is 0 Å². The molecule has 2 rings (SSSR count). The van der Waals surface area contributed by atoms with Crippen molar-refractivity contribution in [2.24, 2.45) is 11.8 Å². The lowest BCUT2D eigenvalue weighted by Gasteiger charge is -2.37. The molecule has 0 atom stereocenters. The average molecular weight is 321 g/mol. The summed E-state index contributed by atoms with van der Waals surface area (Å²) in [4.78, 5) is 10.8. The maximum absolute atomic E-state index is 12.2. The van der Waals surface area contributed by atoms with Crippen molar-refractivity contribution < 1.29 is 22.7 Å². The molecule has 1 aliphatic carbocycles. The van der Waals surface area contributed by atoms with E-state index < -0.39 is 18.2 Å². The van der Waals surface area contributed by atoms with Crippen molar-refractivity contribution in [3.05, 3.63) is 0 Å². The third-order valence-corrected chi connectivity index (χ3v) is 8.12. The van der Waals surface area contributed by atoms with Crippen molar-refractivity contribution in [1.29, 1.82) is 0 Å². The maximum Gasteiger partial charge on any atom is 0.490 e. The van der Waals surface area contributed by atoms with Gasteiger partial charge in [-0.2, -0.15) is 13.2 Å². The van der Waals surface area contributed by atoms with Crippen LogP contribution in [0.1, 0.15) is 45.4 Å². The number of hydrogen-bond donors (Lipinski definition) is 0. The van der Waals surface area contributed by atoms with Crippen LogP contribution < -0.4 is 0 Å².